The van der Waals surface area contributed by atoms with Crippen molar-refractivity contribution in [3.63, 3.8) is 0 Å². The van der Waals surface area contributed by atoms with Gasteiger partial charge >= 0.3 is 5.97 Å². The number of ether oxygens (including phenoxy) is 2. The second-order valence-electron chi connectivity index (χ2n) is 4.47. The van der Waals surface area contributed by atoms with Crippen LogP contribution in [0.4, 0.5) is 0 Å². The molecule has 0 unspecified atom stereocenters. The predicted molar refractivity (Wildman–Crippen MR) is 70.2 cm³/mol. The van der Waals surface area contributed by atoms with Gasteiger partial charge in [-0.15, -0.1) is 0 Å². The first-order chi connectivity index (χ1) is 8.65. The maximum absolute atomic E-state index is 11.4. The van der Waals surface area contributed by atoms with Crippen molar-refractivity contribution in [1.29, 1.82) is 0 Å². The Morgan fingerprint density at radius 3 is 3.00 bits per heavy atom. The number of hydrogen-bond donors (Lipinski definition) is 0. The summed E-state index contributed by atoms with van der Waals surface area (Å²) < 4.78 is 10.6. The molecule has 3 nitrogen and oxygen atoms in total. The van der Waals surface area contributed by atoms with E-state index in [4.69, 9.17) is 9.47 Å². The van der Waals surface area contributed by atoms with Crippen LogP contribution >= 0.6 is 0 Å². The average Bonchev–Trinajstić information content (AvgIpc) is 2.73. The van der Waals surface area contributed by atoms with Gasteiger partial charge in [0.25, 0.3) is 0 Å². The number of esters is 1. The molecule has 1 heterocycles. The predicted octanol–water partition coefficient (Wildman–Crippen LogP) is 3.45. The van der Waals surface area contributed by atoms with E-state index in [0.29, 0.717) is 24.5 Å². The first kappa shape index (κ1) is 12.7. The zero-order chi connectivity index (χ0) is 13.1. The van der Waals surface area contributed by atoms with Crippen LogP contribution in [0.1, 0.15) is 46.8 Å². The Morgan fingerprint density at radius 2 is 2.28 bits per heavy atom. The van der Waals surface area contributed by atoms with E-state index in [-0.39, 0.29) is 5.97 Å². The molecule has 0 bridgehead atoms. The average molecular weight is 246 g/mol. The van der Waals surface area contributed by atoms with Crippen molar-refractivity contribution in [2.24, 2.45) is 0 Å². The molecule has 0 spiro atoms. The van der Waals surface area contributed by atoms with Crippen LogP contribution in [-0.4, -0.2) is 12.6 Å². The summed E-state index contributed by atoms with van der Waals surface area (Å²) in [5.41, 5.74) is 3.61. The summed E-state index contributed by atoms with van der Waals surface area (Å²) in [6, 6.07) is 3.68. The van der Waals surface area contributed by atoms with Crippen LogP contribution in [0.5, 0.6) is 0 Å². The maximum atomic E-state index is 11.4. The summed E-state index contributed by atoms with van der Waals surface area (Å²) in [5.74, 6) is 0.431. The molecule has 1 aliphatic heterocycles. The number of carbonyl (C=O) groups excluding carboxylic acids is 1. The fourth-order valence-corrected chi connectivity index (χ4v) is 2.07. The second-order valence-corrected chi connectivity index (χ2v) is 4.47. The first-order valence-electron chi connectivity index (χ1n) is 6.26. The monoisotopic (exact) mass is 246 g/mol. The number of rotatable bonds is 5. The number of unbranched alkanes of at least 4 members (excludes halogenated alkanes) is 1. The molecule has 0 aliphatic carbocycles. The van der Waals surface area contributed by atoms with Crippen LogP contribution in [0.2, 0.25) is 0 Å². The minimum atomic E-state index is -0.239. The van der Waals surface area contributed by atoms with E-state index in [1.807, 2.05) is 13.0 Å². The molecule has 0 aromatic heterocycles. The van der Waals surface area contributed by atoms with E-state index < -0.39 is 0 Å². The van der Waals surface area contributed by atoms with Crippen LogP contribution in [-0.2, 0) is 16.1 Å². The SMILES string of the molecule is C=C(OCCCC)c1ccc2c(c1C)COC2=O. The molecule has 2 rings (SSSR count). The van der Waals surface area contributed by atoms with Crippen molar-refractivity contribution in [2.75, 3.05) is 6.61 Å². The Balaban J connectivity index is 2.20. The Morgan fingerprint density at radius 1 is 1.50 bits per heavy atom. The Bertz CT molecular complexity index is 489. The molecule has 0 fully saturated rings. The van der Waals surface area contributed by atoms with Gasteiger partial charge in [0, 0.05) is 11.1 Å². The lowest BCUT2D eigenvalue weighted by Crippen LogP contribution is -2.00. The highest BCUT2D eigenvalue weighted by molar-refractivity contribution is 5.94. The molecule has 1 aromatic carbocycles. The Kier molecular flexibility index (Phi) is 3.70. The fraction of sp³-hybridized carbons (Fsp3) is 0.400. The Hall–Kier alpha value is -1.77. The standard InChI is InChI=1S/C15H18O3/c1-4-5-8-17-11(3)12-6-7-13-14(10(12)2)9-18-15(13)16/h6-7H,3-5,8-9H2,1-2H3. The van der Waals surface area contributed by atoms with Gasteiger partial charge in [-0.3, -0.25) is 0 Å². The number of cyclic esters (lactones) is 1. The summed E-state index contributed by atoms with van der Waals surface area (Å²) in [6.07, 6.45) is 2.11. The van der Waals surface area contributed by atoms with E-state index >= 15 is 0 Å². The number of benzene rings is 1. The summed E-state index contributed by atoms with van der Waals surface area (Å²) in [4.78, 5) is 11.4. The summed E-state index contributed by atoms with van der Waals surface area (Å²) in [5, 5.41) is 0. The molecule has 3 heteroatoms. The third-order valence-electron chi connectivity index (χ3n) is 3.24. The Labute approximate surface area is 107 Å². The lowest BCUT2D eigenvalue weighted by atomic mass is 9.98. The molecular weight excluding hydrogens is 228 g/mol. The number of hydrogen-bond acceptors (Lipinski definition) is 3. The number of carbonyl (C=O) groups is 1. The smallest absolute Gasteiger partial charge is 0.338 e. The minimum absolute atomic E-state index is 0.239. The molecule has 0 amide bonds. The van der Waals surface area contributed by atoms with Crippen molar-refractivity contribution < 1.29 is 14.3 Å². The zero-order valence-electron chi connectivity index (χ0n) is 10.9. The van der Waals surface area contributed by atoms with E-state index in [1.54, 1.807) is 6.07 Å². The highest BCUT2D eigenvalue weighted by atomic mass is 16.5. The van der Waals surface area contributed by atoms with Crippen LogP contribution in [0.25, 0.3) is 5.76 Å². The van der Waals surface area contributed by atoms with E-state index in [9.17, 15) is 4.79 Å². The quantitative estimate of drug-likeness (QED) is 0.453. The molecule has 0 N–H and O–H groups in total. The molecule has 96 valence electrons. The molecule has 1 aliphatic rings. The molecule has 0 saturated carbocycles. The third kappa shape index (κ3) is 2.26. The van der Waals surface area contributed by atoms with Gasteiger partial charge in [0.15, 0.2) is 0 Å². The molecule has 1 aromatic rings. The topological polar surface area (TPSA) is 35.5 Å². The highest BCUT2D eigenvalue weighted by Crippen LogP contribution is 2.29. The van der Waals surface area contributed by atoms with Gasteiger partial charge in [-0.1, -0.05) is 26.0 Å². The molecular formula is C15H18O3. The van der Waals surface area contributed by atoms with Crippen molar-refractivity contribution in [3.8, 4) is 0 Å². The van der Waals surface area contributed by atoms with Crippen LogP contribution in [0.3, 0.4) is 0 Å². The van der Waals surface area contributed by atoms with Crippen LogP contribution < -0.4 is 0 Å². The lowest BCUT2D eigenvalue weighted by molar-refractivity contribution is 0.0535. The summed E-state index contributed by atoms with van der Waals surface area (Å²) in [6.45, 7) is 9.09. The van der Waals surface area contributed by atoms with Crippen LogP contribution in [0, 0.1) is 6.92 Å². The summed E-state index contributed by atoms with van der Waals surface area (Å²) in [7, 11) is 0. The third-order valence-corrected chi connectivity index (χ3v) is 3.24. The van der Waals surface area contributed by atoms with E-state index in [2.05, 4.69) is 13.5 Å². The minimum Gasteiger partial charge on any atom is -0.494 e. The number of fused-ring (bicyclic) bond motifs is 1. The van der Waals surface area contributed by atoms with Gasteiger partial charge in [0.05, 0.1) is 12.2 Å². The second kappa shape index (κ2) is 5.25. The summed E-state index contributed by atoms with van der Waals surface area (Å²) >= 11 is 0. The molecule has 18 heavy (non-hydrogen) atoms. The molecule has 0 atom stereocenters. The van der Waals surface area contributed by atoms with Gasteiger partial charge in [-0.2, -0.15) is 0 Å². The van der Waals surface area contributed by atoms with Gasteiger partial charge in [-0.05, 0) is 25.0 Å². The van der Waals surface area contributed by atoms with Crippen molar-refractivity contribution >= 4 is 11.7 Å². The lowest BCUT2D eigenvalue weighted by Gasteiger charge is -2.13. The maximum Gasteiger partial charge on any atom is 0.338 e. The van der Waals surface area contributed by atoms with Crippen molar-refractivity contribution in [1.82, 2.24) is 0 Å². The fourth-order valence-electron chi connectivity index (χ4n) is 2.07. The first-order valence-corrected chi connectivity index (χ1v) is 6.26. The molecule has 0 saturated heterocycles. The van der Waals surface area contributed by atoms with Gasteiger partial charge in [0.2, 0.25) is 0 Å². The van der Waals surface area contributed by atoms with Gasteiger partial charge in [0.1, 0.15) is 12.4 Å². The zero-order valence-corrected chi connectivity index (χ0v) is 10.9. The molecule has 0 radical (unpaired) electrons. The normalized spacial score (nSPS) is 13.1. The van der Waals surface area contributed by atoms with E-state index in [0.717, 1.165) is 29.5 Å². The van der Waals surface area contributed by atoms with Gasteiger partial charge < -0.3 is 9.47 Å². The van der Waals surface area contributed by atoms with Crippen LogP contribution in [0.15, 0.2) is 18.7 Å². The van der Waals surface area contributed by atoms with Crippen molar-refractivity contribution in [3.05, 3.63) is 41.0 Å². The highest BCUT2D eigenvalue weighted by Gasteiger charge is 2.24. The van der Waals surface area contributed by atoms with Gasteiger partial charge in [-0.25, -0.2) is 4.79 Å². The van der Waals surface area contributed by atoms with E-state index in [1.165, 1.54) is 0 Å². The largest absolute Gasteiger partial charge is 0.494 e. The van der Waals surface area contributed by atoms with Crippen molar-refractivity contribution in [2.45, 2.75) is 33.3 Å².